The smallest absolute Gasteiger partial charge is 0.151 e. The summed E-state index contributed by atoms with van der Waals surface area (Å²) in [5.41, 5.74) is 0.981. The van der Waals surface area contributed by atoms with E-state index in [9.17, 15) is 0 Å². The summed E-state index contributed by atoms with van der Waals surface area (Å²) in [5, 5.41) is 7.48. The normalized spacial score (nSPS) is 11.7. The van der Waals surface area contributed by atoms with Crippen LogP contribution in [0.15, 0.2) is 10.6 Å². The zero-order valence-corrected chi connectivity index (χ0v) is 14.0. The van der Waals surface area contributed by atoms with Crippen LogP contribution in [-0.2, 0) is 17.8 Å². The lowest BCUT2D eigenvalue weighted by atomic mass is 10.1. The molecule has 1 rings (SSSR count). The highest BCUT2D eigenvalue weighted by atomic mass is 16.5. The van der Waals surface area contributed by atoms with E-state index < -0.39 is 0 Å². The van der Waals surface area contributed by atoms with Crippen molar-refractivity contribution in [2.45, 2.75) is 59.2 Å². The molecule has 5 nitrogen and oxygen atoms in total. The molecular formula is C16H31N3O2. The standard InChI is InChI=1S/C16H31N3O2/c1-5-8-17-12-14-11-16(21-18-14)13-19(9-10-20-4)15(6-2)7-3/h11,15,17H,5-10,12-13H2,1-4H3. The van der Waals surface area contributed by atoms with Crippen LogP contribution in [0.2, 0.25) is 0 Å². The van der Waals surface area contributed by atoms with E-state index in [0.717, 1.165) is 63.5 Å². The number of nitrogens with one attached hydrogen (secondary N) is 1. The summed E-state index contributed by atoms with van der Waals surface area (Å²) in [7, 11) is 1.75. The van der Waals surface area contributed by atoms with Crippen molar-refractivity contribution in [1.82, 2.24) is 15.4 Å². The van der Waals surface area contributed by atoms with Crippen molar-refractivity contribution >= 4 is 0 Å². The van der Waals surface area contributed by atoms with Crippen molar-refractivity contribution in [3.8, 4) is 0 Å². The molecular weight excluding hydrogens is 266 g/mol. The van der Waals surface area contributed by atoms with E-state index in [-0.39, 0.29) is 0 Å². The van der Waals surface area contributed by atoms with E-state index >= 15 is 0 Å². The van der Waals surface area contributed by atoms with E-state index in [1.807, 2.05) is 0 Å². The Kier molecular flexibility index (Phi) is 9.30. The topological polar surface area (TPSA) is 50.5 Å². The van der Waals surface area contributed by atoms with Crippen LogP contribution in [0.4, 0.5) is 0 Å². The molecule has 0 aromatic carbocycles. The Morgan fingerprint density at radius 3 is 2.71 bits per heavy atom. The molecule has 0 atom stereocenters. The largest absolute Gasteiger partial charge is 0.383 e. The van der Waals surface area contributed by atoms with Crippen molar-refractivity contribution in [2.75, 3.05) is 26.8 Å². The first-order valence-electron chi connectivity index (χ1n) is 8.13. The van der Waals surface area contributed by atoms with Gasteiger partial charge in [-0.05, 0) is 25.8 Å². The SMILES string of the molecule is CCCNCc1cc(CN(CCOC)C(CC)CC)on1. The van der Waals surface area contributed by atoms with Crippen LogP contribution in [0, 0.1) is 0 Å². The first kappa shape index (κ1) is 18.1. The Morgan fingerprint density at radius 1 is 1.33 bits per heavy atom. The maximum absolute atomic E-state index is 5.47. The summed E-state index contributed by atoms with van der Waals surface area (Å²) < 4.78 is 10.7. The van der Waals surface area contributed by atoms with E-state index in [1.165, 1.54) is 0 Å². The monoisotopic (exact) mass is 297 g/mol. The summed E-state index contributed by atoms with van der Waals surface area (Å²) in [4.78, 5) is 2.42. The summed E-state index contributed by atoms with van der Waals surface area (Å²) >= 11 is 0. The van der Waals surface area contributed by atoms with E-state index in [4.69, 9.17) is 9.26 Å². The summed E-state index contributed by atoms with van der Waals surface area (Å²) in [6.45, 7) is 10.9. The molecule has 1 aromatic rings. The second kappa shape index (κ2) is 10.8. The number of nitrogens with zero attached hydrogens (tertiary/aromatic N) is 2. The molecule has 0 unspecified atom stereocenters. The highest BCUT2D eigenvalue weighted by Crippen LogP contribution is 2.14. The summed E-state index contributed by atoms with van der Waals surface area (Å²) in [6, 6.07) is 2.62. The second-order valence-corrected chi connectivity index (χ2v) is 5.39. The van der Waals surface area contributed by atoms with Gasteiger partial charge in [0.15, 0.2) is 5.76 Å². The Labute approximate surface area is 129 Å². The predicted octanol–water partition coefficient (Wildman–Crippen LogP) is 2.81. The minimum Gasteiger partial charge on any atom is -0.383 e. The van der Waals surface area contributed by atoms with Crippen molar-refractivity contribution < 1.29 is 9.26 Å². The van der Waals surface area contributed by atoms with E-state index in [1.54, 1.807) is 7.11 Å². The number of rotatable bonds is 12. The van der Waals surface area contributed by atoms with Crippen LogP contribution in [0.5, 0.6) is 0 Å². The molecule has 1 heterocycles. The zero-order valence-electron chi connectivity index (χ0n) is 14.0. The zero-order chi connectivity index (χ0) is 15.5. The molecule has 0 saturated heterocycles. The van der Waals surface area contributed by atoms with Gasteiger partial charge in [0, 0.05) is 32.3 Å². The number of hydrogen-bond donors (Lipinski definition) is 1. The highest BCUT2D eigenvalue weighted by molar-refractivity contribution is 5.05. The second-order valence-electron chi connectivity index (χ2n) is 5.39. The molecule has 0 fully saturated rings. The molecule has 5 heteroatoms. The van der Waals surface area contributed by atoms with Crippen LogP contribution >= 0.6 is 0 Å². The first-order valence-corrected chi connectivity index (χ1v) is 8.13. The number of methoxy groups -OCH3 is 1. The van der Waals surface area contributed by atoms with Gasteiger partial charge in [-0.3, -0.25) is 4.90 Å². The van der Waals surface area contributed by atoms with E-state index in [2.05, 4.69) is 42.2 Å². The van der Waals surface area contributed by atoms with Gasteiger partial charge in [-0.15, -0.1) is 0 Å². The Hall–Kier alpha value is -0.910. The Balaban J connectivity index is 2.56. The van der Waals surface area contributed by atoms with Gasteiger partial charge in [0.2, 0.25) is 0 Å². The van der Waals surface area contributed by atoms with Gasteiger partial charge >= 0.3 is 0 Å². The van der Waals surface area contributed by atoms with E-state index in [0.29, 0.717) is 6.04 Å². The van der Waals surface area contributed by atoms with Crippen molar-refractivity contribution in [3.05, 3.63) is 17.5 Å². The average Bonchev–Trinajstić information content (AvgIpc) is 2.93. The molecule has 0 aliphatic heterocycles. The quantitative estimate of drug-likeness (QED) is 0.601. The molecule has 1 N–H and O–H groups in total. The molecule has 0 radical (unpaired) electrons. The minimum atomic E-state index is 0.562. The third-order valence-electron chi connectivity index (χ3n) is 3.74. The first-order chi connectivity index (χ1) is 10.2. The fraction of sp³-hybridized carbons (Fsp3) is 0.812. The minimum absolute atomic E-state index is 0.562. The maximum atomic E-state index is 5.47. The van der Waals surface area contributed by atoms with Crippen molar-refractivity contribution in [3.63, 3.8) is 0 Å². The lowest BCUT2D eigenvalue weighted by molar-refractivity contribution is 0.102. The third-order valence-corrected chi connectivity index (χ3v) is 3.74. The van der Waals surface area contributed by atoms with Crippen LogP contribution in [0.1, 0.15) is 51.5 Å². The molecule has 0 spiro atoms. The van der Waals surface area contributed by atoms with Crippen molar-refractivity contribution in [2.24, 2.45) is 0 Å². The highest BCUT2D eigenvalue weighted by Gasteiger charge is 2.17. The molecule has 0 saturated carbocycles. The van der Waals surface area contributed by atoms with Crippen LogP contribution in [0.25, 0.3) is 0 Å². The van der Waals surface area contributed by atoms with Crippen LogP contribution < -0.4 is 5.32 Å². The molecule has 21 heavy (non-hydrogen) atoms. The van der Waals surface area contributed by atoms with Gasteiger partial charge in [-0.25, -0.2) is 0 Å². The molecule has 0 amide bonds. The fourth-order valence-electron chi connectivity index (χ4n) is 2.51. The number of aromatic nitrogens is 1. The molecule has 0 aliphatic rings. The van der Waals surface area contributed by atoms with Crippen molar-refractivity contribution in [1.29, 1.82) is 0 Å². The summed E-state index contributed by atoms with van der Waals surface area (Å²) in [6.07, 6.45) is 3.41. The average molecular weight is 297 g/mol. The predicted molar refractivity (Wildman–Crippen MR) is 85.2 cm³/mol. The molecule has 0 aliphatic carbocycles. The molecule has 122 valence electrons. The summed E-state index contributed by atoms with van der Waals surface area (Å²) in [5.74, 6) is 0.936. The number of hydrogen-bond acceptors (Lipinski definition) is 5. The van der Waals surface area contributed by atoms with Gasteiger partial charge < -0.3 is 14.6 Å². The van der Waals surface area contributed by atoms with Crippen LogP contribution in [-0.4, -0.2) is 42.9 Å². The van der Waals surface area contributed by atoms with Gasteiger partial charge in [0.25, 0.3) is 0 Å². The van der Waals surface area contributed by atoms with Gasteiger partial charge in [0.05, 0.1) is 18.8 Å². The molecule has 0 bridgehead atoms. The van der Waals surface area contributed by atoms with Crippen LogP contribution in [0.3, 0.4) is 0 Å². The lowest BCUT2D eigenvalue weighted by Gasteiger charge is -2.29. The number of ether oxygens (including phenoxy) is 1. The molecule has 1 aromatic heterocycles. The Morgan fingerprint density at radius 2 is 2.10 bits per heavy atom. The van der Waals surface area contributed by atoms with Gasteiger partial charge in [-0.1, -0.05) is 25.9 Å². The Bertz CT molecular complexity index is 364. The lowest BCUT2D eigenvalue weighted by Crippen LogP contribution is -2.36. The maximum Gasteiger partial charge on any atom is 0.151 e. The third kappa shape index (κ3) is 6.59. The fourth-order valence-corrected chi connectivity index (χ4v) is 2.51. The van der Waals surface area contributed by atoms with Gasteiger partial charge in [0.1, 0.15) is 0 Å². The van der Waals surface area contributed by atoms with Gasteiger partial charge in [-0.2, -0.15) is 0 Å².